The number of anilines is 1. The summed E-state index contributed by atoms with van der Waals surface area (Å²) in [6, 6.07) is 11.0. The smallest absolute Gasteiger partial charge is 0.188 e. The third-order valence-corrected chi connectivity index (χ3v) is 3.95. The van der Waals surface area contributed by atoms with Gasteiger partial charge >= 0.3 is 0 Å². The summed E-state index contributed by atoms with van der Waals surface area (Å²) in [6.07, 6.45) is 4.05. The minimum Gasteiger partial charge on any atom is -0.361 e. The van der Waals surface area contributed by atoms with Crippen LogP contribution < -0.4 is 5.32 Å². The Hall–Kier alpha value is -1.77. The van der Waals surface area contributed by atoms with E-state index in [4.69, 9.17) is 23.2 Å². The Kier molecular flexibility index (Phi) is 5.64. The zero-order chi connectivity index (χ0) is 16.1. The number of allylic oxidation sites excluding steroid dienone is 1. The normalized spacial score (nSPS) is 10.9. The highest BCUT2D eigenvalue weighted by atomic mass is 35.5. The van der Waals surface area contributed by atoms with Crippen LogP contribution in [0, 0.1) is 6.92 Å². The van der Waals surface area contributed by atoms with E-state index in [1.165, 1.54) is 11.6 Å². The summed E-state index contributed by atoms with van der Waals surface area (Å²) in [5.41, 5.74) is 3.82. The summed E-state index contributed by atoms with van der Waals surface area (Å²) in [7, 11) is 0. The standard InChI is InChI=1S/C18H17Cl2NO/c1-3-13-6-4-5-12(2)18(13)21-10-9-17(22)15-8-7-14(19)11-16(15)20/h4-11,21H,3H2,1-2H3/b10-9+. The SMILES string of the molecule is CCc1cccc(C)c1N/C=C/C(=O)c1ccc(Cl)cc1Cl. The van der Waals surface area contributed by atoms with E-state index in [-0.39, 0.29) is 5.78 Å². The van der Waals surface area contributed by atoms with Crippen molar-refractivity contribution in [3.05, 3.63) is 75.4 Å². The average Bonchev–Trinajstić information content (AvgIpc) is 2.48. The molecule has 2 rings (SSSR count). The molecular formula is C18H17Cl2NO. The van der Waals surface area contributed by atoms with E-state index in [1.807, 2.05) is 19.1 Å². The molecule has 0 atom stereocenters. The van der Waals surface area contributed by atoms with Crippen molar-refractivity contribution in [3.8, 4) is 0 Å². The Morgan fingerprint density at radius 3 is 2.68 bits per heavy atom. The summed E-state index contributed by atoms with van der Waals surface area (Å²) in [5.74, 6) is -0.166. The molecule has 1 N–H and O–H groups in total. The molecule has 2 aromatic carbocycles. The number of hydrogen-bond donors (Lipinski definition) is 1. The molecule has 2 nitrogen and oxygen atoms in total. The van der Waals surface area contributed by atoms with Crippen molar-refractivity contribution < 1.29 is 4.79 Å². The number of aryl methyl sites for hydroxylation is 2. The molecule has 0 bridgehead atoms. The van der Waals surface area contributed by atoms with Crippen LogP contribution in [0.3, 0.4) is 0 Å². The fraction of sp³-hybridized carbons (Fsp3) is 0.167. The third kappa shape index (κ3) is 3.90. The van der Waals surface area contributed by atoms with Gasteiger partial charge in [-0.1, -0.05) is 48.3 Å². The van der Waals surface area contributed by atoms with Crippen LogP contribution in [-0.4, -0.2) is 5.78 Å². The van der Waals surface area contributed by atoms with Crippen LogP contribution >= 0.6 is 23.2 Å². The van der Waals surface area contributed by atoms with Gasteiger partial charge in [0, 0.05) is 28.5 Å². The molecule has 0 spiro atoms. The van der Waals surface area contributed by atoms with Gasteiger partial charge in [-0.05, 0) is 42.7 Å². The first-order valence-corrected chi connectivity index (χ1v) is 7.79. The van der Waals surface area contributed by atoms with Crippen LogP contribution in [0.2, 0.25) is 10.0 Å². The molecule has 2 aromatic rings. The Balaban J connectivity index is 2.14. The van der Waals surface area contributed by atoms with Gasteiger partial charge in [-0.15, -0.1) is 0 Å². The van der Waals surface area contributed by atoms with Crippen molar-refractivity contribution >= 4 is 34.7 Å². The molecule has 4 heteroatoms. The molecule has 0 heterocycles. The summed E-state index contributed by atoms with van der Waals surface area (Å²) in [4.78, 5) is 12.2. The minimum absolute atomic E-state index is 0.166. The lowest BCUT2D eigenvalue weighted by molar-refractivity contribution is 0.104. The summed E-state index contributed by atoms with van der Waals surface area (Å²) in [6.45, 7) is 4.13. The van der Waals surface area contributed by atoms with Crippen molar-refractivity contribution in [1.29, 1.82) is 0 Å². The summed E-state index contributed by atoms with van der Waals surface area (Å²) in [5, 5.41) is 4.06. The number of rotatable bonds is 5. The maximum atomic E-state index is 12.2. The lowest BCUT2D eigenvalue weighted by Gasteiger charge is -2.10. The second-order valence-electron chi connectivity index (χ2n) is 4.93. The van der Waals surface area contributed by atoms with Crippen molar-refractivity contribution in [3.63, 3.8) is 0 Å². The highest BCUT2D eigenvalue weighted by Gasteiger charge is 2.08. The number of carbonyl (C=O) groups is 1. The van der Waals surface area contributed by atoms with E-state index in [0.717, 1.165) is 17.7 Å². The molecular weight excluding hydrogens is 317 g/mol. The van der Waals surface area contributed by atoms with Crippen LogP contribution in [0.25, 0.3) is 0 Å². The predicted octanol–water partition coefficient (Wildman–Crippen LogP) is 5.67. The van der Waals surface area contributed by atoms with E-state index in [9.17, 15) is 4.79 Å². The van der Waals surface area contributed by atoms with E-state index in [0.29, 0.717) is 15.6 Å². The first-order valence-electron chi connectivity index (χ1n) is 7.04. The maximum Gasteiger partial charge on any atom is 0.188 e. The van der Waals surface area contributed by atoms with Gasteiger partial charge in [0.05, 0.1) is 5.02 Å². The lowest BCUT2D eigenvalue weighted by atomic mass is 10.1. The number of halogens is 2. The van der Waals surface area contributed by atoms with E-state index < -0.39 is 0 Å². The Morgan fingerprint density at radius 1 is 1.23 bits per heavy atom. The van der Waals surface area contributed by atoms with Crippen LogP contribution in [0.4, 0.5) is 5.69 Å². The first-order chi connectivity index (χ1) is 10.5. The van der Waals surface area contributed by atoms with Gasteiger partial charge in [-0.2, -0.15) is 0 Å². The molecule has 0 amide bonds. The molecule has 0 saturated heterocycles. The number of nitrogens with one attached hydrogen (secondary N) is 1. The predicted molar refractivity (Wildman–Crippen MR) is 94.1 cm³/mol. The van der Waals surface area contributed by atoms with E-state index in [1.54, 1.807) is 24.4 Å². The lowest BCUT2D eigenvalue weighted by Crippen LogP contribution is -2.00. The Bertz CT molecular complexity index is 723. The molecule has 0 aliphatic heterocycles. The minimum atomic E-state index is -0.166. The van der Waals surface area contributed by atoms with E-state index in [2.05, 4.69) is 18.3 Å². The molecule has 22 heavy (non-hydrogen) atoms. The highest BCUT2D eigenvalue weighted by molar-refractivity contribution is 6.37. The van der Waals surface area contributed by atoms with Crippen LogP contribution in [0.15, 0.2) is 48.7 Å². The highest BCUT2D eigenvalue weighted by Crippen LogP contribution is 2.23. The van der Waals surface area contributed by atoms with Gasteiger partial charge in [0.1, 0.15) is 0 Å². The zero-order valence-electron chi connectivity index (χ0n) is 12.5. The van der Waals surface area contributed by atoms with Gasteiger partial charge in [0.2, 0.25) is 0 Å². The van der Waals surface area contributed by atoms with Crippen molar-refractivity contribution in [2.24, 2.45) is 0 Å². The Morgan fingerprint density at radius 2 is 2.00 bits per heavy atom. The fourth-order valence-electron chi connectivity index (χ4n) is 2.21. The molecule has 0 fully saturated rings. The van der Waals surface area contributed by atoms with Crippen molar-refractivity contribution in [2.45, 2.75) is 20.3 Å². The van der Waals surface area contributed by atoms with Crippen LogP contribution in [0.1, 0.15) is 28.4 Å². The third-order valence-electron chi connectivity index (χ3n) is 3.40. The average molecular weight is 334 g/mol. The van der Waals surface area contributed by atoms with E-state index >= 15 is 0 Å². The second-order valence-corrected chi connectivity index (χ2v) is 5.77. The zero-order valence-corrected chi connectivity index (χ0v) is 14.0. The van der Waals surface area contributed by atoms with Gasteiger partial charge < -0.3 is 5.32 Å². The van der Waals surface area contributed by atoms with Crippen LogP contribution in [0.5, 0.6) is 0 Å². The number of ketones is 1. The number of para-hydroxylation sites is 1. The largest absolute Gasteiger partial charge is 0.361 e. The molecule has 114 valence electrons. The number of benzene rings is 2. The van der Waals surface area contributed by atoms with Gasteiger partial charge in [0.15, 0.2) is 5.78 Å². The van der Waals surface area contributed by atoms with Gasteiger partial charge in [-0.25, -0.2) is 0 Å². The van der Waals surface area contributed by atoms with Crippen molar-refractivity contribution in [2.75, 3.05) is 5.32 Å². The number of hydrogen-bond acceptors (Lipinski definition) is 2. The summed E-state index contributed by atoms with van der Waals surface area (Å²) >= 11 is 11.9. The molecule has 0 aromatic heterocycles. The first kappa shape index (κ1) is 16.6. The quantitative estimate of drug-likeness (QED) is 0.563. The second kappa shape index (κ2) is 7.48. The molecule has 0 aliphatic carbocycles. The molecule has 0 radical (unpaired) electrons. The number of carbonyl (C=O) groups excluding carboxylic acids is 1. The molecule has 0 unspecified atom stereocenters. The van der Waals surface area contributed by atoms with Crippen LogP contribution in [-0.2, 0) is 6.42 Å². The topological polar surface area (TPSA) is 29.1 Å². The fourth-order valence-corrected chi connectivity index (χ4v) is 2.71. The van der Waals surface area contributed by atoms with Gasteiger partial charge in [0.25, 0.3) is 0 Å². The van der Waals surface area contributed by atoms with Crippen molar-refractivity contribution in [1.82, 2.24) is 0 Å². The monoisotopic (exact) mass is 333 g/mol. The Labute approximate surface area is 140 Å². The molecule has 0 aliphatic rings. The van der Waals surface area contributed by atoms with Gasteiger partial charge in [-0.3, -0.25) is 4.79 Å². The molecule has 0 saturated carbocycles. The maximum absolute atomic E-state index is 12.2. The summed E-state index contributed by atoms with van der Waals surface area (Å²) < 4.78 is 0.